The molecule has 188 valence electrons. The molecule has 1 aliphatic heterocycles. The number of methoxy groups -OCH3 is 1. The van der Waals surface area contributed by atoms with E-state index in [9.17, 15) is 9.59 Å². The summed E-state index contributed by atoms with van der Waals surface area (Å²) in [5.41, 5.74) is 2.28. The maximum absolute atomic E-state index is 13.1. The van der Waals surface area contributed by atoms with Crippen LogP contribution < -0.4 is 19.7 Å². The Balaban J connectivity index is 1.51. The maximum Gasteiger partial charge on any atom is 0.223 e. The van der Waals surface area contributed by atoms with Crippen molar-refractivity contribution >= 4 is 17.5 Å². The summed E-state index contributed by atoms with van der Waals surface area (Å²) in [6.07, 6.45) is 6.06. The van der Waals surface area contributed by atoms with E-state index in [1.165, 1.54) is 18.4 Å². The third kappa shape index (κ3) is 6.47. The van der Waals surface area contributed by atoms with Crippen molar-refractivity contribution in [2.24, 2.45) is 0 Å². The highest BCUT2D eigenvalue weighted by Crippen LogP contribution is 2.36. The first-order chi connectivity index (χ1) is 17.1. The molecule has 0 aromatic heterocycles. The largest absolute Gasteiger partial charge is 0.493 e. The molecule has 2 amide bonds. The van der Waals surface area contributed by atoms with Gasteiger partial charge in [-0.15, -0.1) is 0 Å². The number of nitrogens with zero attached hydrogens (tertiary/aromatic N) is 2. The molecular weight excluding hydrogens is 442 g/mol. The van der Waals surface area contributed by atoms with E-state index in [1.54, 1.807) is 14.2 Å². The van der Waals surface area contributed by atoms with Gasteiger partial charge in [-0.3, -0.25) is 9.59 Å². The second-order valence-corrected chi connectivity index (χ2v) is 9.41. The molecule has 35 heavy (non-hydrogen) atoms. The minimum Gasteiger partial charge on any atom is -0.493 e. The average Bonchev–Trinajstić information content (AvgIpc) is 3.40. The zero-order chi connectivity index (χ0) is 24.6. The van der Waals surface area contributed by atoms with Crippen LogP contribution in [0.4, 0.5) is 5.69 Å². The predicted octanol–water partition coefficient (Wildman–Crippen LogP) is 3.80. The number of hydrogen-bond donors (Lipinski definition) is 1. The van der Waals surface area contributed by atoms with Gasteiger partial charge < -0.3 is 24.6 Å². The summed E-state index contributed by atoms with van der Waals surface area (Å²) in [7, 11) is 3.28. The van der Waals surface area contributed by atoms with Crippen molar-refractivity contribution < 1.29 is 19.1 Å². The average molecular weight is 480 g/mol. The van der Waals surface area contributed by atoms with Crippen LogP contribution in [0.5, 0.6) is 11.5 Å². The molecule has 1 N–H and O–H groups in total. The number of hydrogen-bond acceptors (Lipinski definition) is 5. The van der Waals surface area contributed by atoms with Crippen molar-refractivity contribution in [3.63, 3.8) is 0 Å². The van der Waals surface area contributed by atoms with Crippen molar-refractivity contribution in [2.75, 3.05) is 38.7 Å². The van der Waals surface area contributed by atoms with E-state index >= 15 is 0 Å². The van der Waals surface area contributed by atoms with Crippen molar-refractivity contribution in [3.8, 4) is 11.5 Å². The lowest BCUT2D eigenvalue weighted by molar-refractivity contribution is -0.136. The number of amides is 2. The summed E-state index contributed by atoms with van der Waals surface area (Å²) in [6, 6.07) is 16.4. The molecule has 4 rings (SSSR count). The first-order valence-electron chi connectivity index (χ1n) is 12.7. The molecule has 0 spiro atoms. The fourth-order valence-electron chi connectivity index (χ4n) is 5.11. The zero-order valence-corrected chi connectivity index (χ0v) is 20.9. The highest BCUT2D eigenvalue weighted by atomic mass is 16.5. The second kappa shape index (κ2) is 12.0. The lowest BCUT2D eigenvalue weighted by Gasteiger charge is -2.43. The molecule has 0 unspecified atom stereocenters. The van der Waals surface area contributed by atoms with Crippen LogP contribution >= 0.6 is 0 Å². The van der Waals surface area contributed by atoms with Crippen molar-refractivity contribution in [3.05, 3.63) is 54.1 Å². The topological polar surface area (TPSA) is 71.1 Å². The third-order valence-electron chi connectivity index (χ3n) is 7.07. The SMILES string of the molecule is CNC(=O)CCC(=O)N1CCN(c2ccc(OC)c(OC3CCCC3)c2)C[C@@H]1Cc1ccccc1. The predicted molar refractivity (Wildman–Crippen MR) is 137 cm³/mol. The van der Waals surface area contributed by atoms with Crippen molar-refractivity contribution in [2.45, 2.75) is 57.1 Å². The molecule has 1 heterocycles. The van der Waals surface area contributed by atoms with E-state index in [4.69, 9.17) is 9.47 Å². The molecule has 2 aromatic carbocycles. The van der Waals surface area contributed by atoms with E-state index in [-0.39, 0.29) is 36.8 Å². The molecule has 1 aliphatic carbocycles. The van der Waals surface area contributed by atoms with Crippen LogP contribution in [-0.2, 0) is 16.0 Å². The van der Waals surface area contributed by atoms with Crippen LogP contribution in [0.15, 0.2) is 48.5 Å². The summed E-state index contributed by atoms with van der Waals surface area (Å²) in [4.78, 5) is 29.1. The van der Waals surface area contributed by atoms with E-state index in [0.717, 1.165) is 49.5 Å². The van der Waals surface area contributed by atoms with Gasteiger partial charge >= 0.3 is 0 Å². The Morgan fingerprint density at radius 2 is 1.77 bits per heavy atom. The standard InChI is InChI=1S/C28H37N3O4/c1-29-27(32)14-15-28(33)31-17-16-30(20-23(31)18-21-8-4-3-5-9-21)22-12-13-25(34-2)26(19-22)35-24-10-6-7-11-24/h3-5,8-9,12-13,19,23-24H,6-7,10-11,14-18,20H2,1-2H3,(H,29,32)/t23-/m0/s1. The van der Waals surface area contributed by atoms with Crippen molar-refractivity contribution in [1.82, 2.24) is 10.2 Å². The van der Waals surface area contributed by atoms with E-state index in [1.807, 2.05) is 29.2 Å². The van der Waals surface area contributed by atoms with Gasteiger partial charge in [0.1, 0.15) is 0 Å². The third-order valence-corrected chi connectivity index (χ3v) is 7.07. The van der Waals surface area contributed by atoms with Gasteiger partial charge in [0.2, 0.25) is 11.8 Å². The molecule has 2 aromatic rings. The lowest BCUT2D eigenvalue weighted by atomic mass is 10.0. The number of nitrogens with one attached hydrogen (secondary N) is 1. The van der Waals surface area contributed by atoms with Gasteiger partial charge in [0.25, 0.3) is 0 Å². The molecule has 2 fully saturated rings. The van der Waals surface area contributed by atoms with Gasteiger partial charge in [0.05, 0.1) is 19.3 Å². The maximum atomic E-state index is 13.1. The van der Waals surface area contributed by atoms with Crippen LogP contribution in [-0.4, -0.2) is 62.7 Å². The number of carbonyl (C=O) groups is 2. The Labute approximate surface area is 208 Å². The molecule has 1 saturated carbocycles. The van der Waals surface area contributed by atoms with Crippen LogP contribution in [0.3, 0.4) is 0 Å². The van der Waals surface area contributed by atoms with E-state index < -0.39 is 0 Å². The summed E-state index contributed by atoms with van der Waals surface area (Å²) in [6.45, 7) is 2.07. The van der Waals surface area contributed by atoms with Crippen LogP contribution in [0.2, 0.25) is 0 Å². The first-order valence-corrected chi connectivity index (χ1v) is 12.7. The smallest absolute Gasteiger partial charge is 0.223 e. The summed E-state index contributed by atoms with van der Waals surface area (Å²) in [5, 5.41) is 2.60. The minimum atomic E-state index is -0.107. The Bertz CT molecular complexity index is 991. The van der Waals surface area contributed by atoms with Crippen LogP contribution in [0.1, 0.15) is 44.1 Å². The number of carbonyl (C=O) groups excluding carboxylic acids is 2. The Morgan fingerprint density at radius 1 is 1.00 bits per heavy atom. The highest BCUT2D eigenvalue weighted by molar-refractivity contribution is 5.84. The van der Waals surface area contributed by atoms with E-state index in [2.05, 4.69) is 34.5 Å². The molecular formula is C28H37N3O4. The Kier molecular flexibility index (Phi) is 8.50. The van der Waals surface area contributed by atoms with Crippen molar-refractivity contribution in [1.29, 1.82) is 0 Å². The van der Waals surface area contributed by atoms with Crippen LogP contribution in [0, 0.1) is 0 Å². The number of anilines is 1. The minimum absolute atomic E-state index is 0.0182. The fourth-order valence-corrected chi connectivity index (χ4v) is 5.11. The first kappa shape index (κ1) is 24.9. The van der Waals surface area contributed by atoms with Gasteiger partial charge in [-0.05, 0) is 49.8 Å². The number of piperazine rings is 1. The number of benzene rings is 2. The molecule has 2 aliphatic rings. The molecule has 7 heteroatoms. The lowest BCUT2D eigenvalue weighted by Crippen LogP contribution is -2.56. The van der Waals surface area contributed by atoms with E-state index in [0.29, 0.717) is 6.54 Å². The second-order valence-electron chi connectivity index (χ2n) is 9.41. The summed E-state index contributed by atoms with van der Waals surface area (Å²) in [5.74, 6) is 1.48. The van der Waals surface area contributed by atoms with Gasteiger partial charge in [0, 0.05) is 51.3 Å². The summed E-state index contributed by atoms with van der Waals surface area (Å²) < 4.78 is 11.9. The monoisotopic (exact) mass is 479 g/mol. The zero-order valence-electron chi connectivity index (χ0n) is 20.9. The quantitative estimate of drug-likeness (QED) is 0.592. The van der Waals surface area contributed by atoms with Gasteiger partial charge in [-0.1, -0.05) is 30.3 Å². The van der Waals surface area contributed by atoms with Gasteiger partial charge in [0.15, 0.2) is 11.5 Å². The molecule has 0 bridgehead atoms. The molecule has 0 radical (unpaired) electrons. The van der Waals surface area contributed by atoms with Gasteiger partial charge in [-0.25, -0.2) is 0 Å². The Morgan fingerprint density at radius 3 is 2.49 bits per heavy atom. The highest BCUT2D eigenvalue weighted by Gasteiger charge is 2.31. The number of rotatable bonds is 9. The normalized spacial score (nSPS) is 18.4. The Hall–Kier alpha value is -3.22. The van der Waals surface area contributed by atoms with Crippen LogP contribution in [0.25, 0.3) is 0 Å². The molecule has 7 nitrogen and oxygen atoms in total. The molecule has 1 atom stereocenters. The fraction of sp³-hybridized carbons (Fsp3) is 0.500. The molecule has 1 saturated heterocycles. The summed E-state index contributed by atoms with van der Waals surface area (Å²) >= 11 is 0. The number of ether oxygens (including phenoxy) is 2. The van der Waals surface area contributed by atoms with Gasteiger partial charge in [-0.2, -0.15) is 0 Å².